The van der Waals surface area contributed by atoms with E-state index < -0.39 is 15.7 Å². The van der Waals surface area contributed by atoms with Crippen molar-refractivity contribution >= 4 is 15.8 Å². The Bertz CT molecular complexity index is 933. The average molecular weight is 408 g/mol. The van der Waals surface area contributed by atoms with Crippen molar-refractivity contribution in [2.75, 3.05) is 19.9 Å². The first kappa shape index (κ1) is 21.6. The van der Waals surface area contributed by atoms with Gasteiger partial charge in [-0.3, -0.25) is 4.99 Å². The Labute approximate surface area is 165 Å². The van der Waals surface area contributed by atoms with Crippen molar-refractivity contribution in [3.8, 4) is 5.88 Å². The molecule has 1 heterocycles. The Balaban J connectivity index is 2.04. The molecule has 0 atom stereocenters. The monoisotopic (exact) mass is 408 g/mol. The Morgan fingerprint density at radius 1 is 1.18 bits per heavy atom. The van der Waals surface area contributed by atoms with Crippen LogP contribution in [0.2, 0.25) is 0 Å². The molecule has 0 bridgehead atoms. The molecule has 0 radical (unpaired) electrons. The van der Waals surface area contributed by atoms with Crippen LogP contribution in [0, 0.1) is 5.82 Å². The van der Waals surface area contributed by atoms with Gasteiger partial charge in [0, 0.05) is 38.2 Å². The molecule has 0 aliphatic carbocycles. The molecule has 0 amide bonds. The number of hydrogen-bond acceptors (Lipinski definition) is 5. The van der Waals surface area contributed by atoms with Crippen LogP contribution in [0.3, 0.4) is 0 Å². The smallest absolute Gasteiger partial charge is 0.218 e. The van der Waals surface area contributed by atoms with E-state index in [1.807, 2.05) is 19.1 Å². The van der Waals surface area contributed by atoms with Crippen LogP contribution in [0.25, 0.3) is 0 Å². The normalized spacial score (nSPS) is 11.9. The Morgan fingerprint density at radius 3 is 2.54 bits per heavy atom. The molecule has 0 saturated carbocycles. The fraction of sp³-hybridized carbons (Fsp3) is 0.368. The van der Waals surface area contributed by atoms with Crippen LogP contribution in [0.1, 0.15) is 23.6 Å². The number of nitrogens with one attached hydrogen (secondary N) is 2. The van der Waals surface area contributed by atoms with E-state index in [9.17, 15) is 12.8 Å². The third kappa shape index (κ3) is 6.80. The predicted octanol–water partition coefficient (Wildman–Crippen LogP) is 2.03. The maximum absolute atomic E-state index is 13.6. The highest BCUT2D eigenvalue weighted by Gasteiger charge is 2.11. The predicted molar refractivity (Wildman–Crippen MR) is 107 cm³/mol. The third-order valence-corrected chi connectivity index (χ3v) is 4.67. The number of rotatable bonds is 8. The highest BCUT2D eigenvalue weighted by molar-refractivity contribution is 7.89. The Kier molecular flexibility index (Phi) is 7.74. The summed E-state index contributed by atoms with van der Waals surface area (Å²) >= 11 is 0. The van der Waals surface area contributed by atoms with Crippen LogP contribution in [-0.4, -0.2) is 39.3 Å². The second-order valence-corrected chi connectivity index (χ2v) is 8.30. The molecule has 2 N–H and O–H groups in total. The summed E-state index contributed by atoms with van der Waals surface area (Å²) < 4.78 is 42.3. The zero-order valence-corrected chi connectivity index (χ0v) is 17.0. The quantitative estimate of drug-likeness (QED) is 0.513. The first-order chi connectivity index (χ1) is 13.3. The van der Waals surface area contributed by atoms with E-state index in [-0.39, 0.29) is 12.3 Å². The summed E-state index contributed by atoms with van der Waals surface area (Å²) in [7, 11) is -1.61. The van der Waals surface area contributed by atoms with E-state index in [4.69, 9.17) is 4.74 Å². The largest absolute Gasteiger partial charge is 0.478 e. The zero-order chi connectivity index (χ0) is 20.6. The van der Waals surface area contributed by atoms with Gasteiger partial charge in [0.15, 0.2) is 15.8 Å². The van der Waals surface area contributed by atoms with Gasteiger partial charge in [-0.2, -0.15) is 0 Å². The van der Waals surface area contributed by atoms with Gasteiger partial charge in [0.2, 0.25) is 5.88 Å². The molecule has 0 unspecified atom stereocenters. The van der Waals surface area contributed by atoms with E-state index in [1.165, 1.54) is 18.2 Å². The second kappa shape index (κ2) is 10.0. The number of aliphatic imine (C=N–C) groups is 1. The Morgan fingerprint density at radius 2 is 1.89 bits per heavy atom. The van der Waals surface area contributed by atoms with Crippen molar-refractivity contribution in [3.05, 3.63) is 59.0 Å². The minimum Gasteiger partial charge on any atom is -0.478 e. The maximum Gasteiger partial charge on any atom is 0.218 e. The van der Waals surface area contributed by atoms with E-state index in [1.54, 1.807) is 13.2 Å². The molecule has 2 rings (SSSR count). The molecular weight excluding hydrogens is 383 g/mol. The Hall–Kier alpha value is -2.68. The maximum atomic E-state index is 13.6. The van der Waals surface area contributed by atoms with Crippen LogP contribution in [-0.2, 0) is 28.7 Å². The van der Waals surface area contributed by atoms with Crippen LogP contribution in [0.4, 0.5) is 4.39 Å². The van der Waals surface area contributed by atoms with Crippen LogP contribution >= 0.6 is 0 Å². The van der Waals surface area contributed by atoms with Crippen molar-refractivity contribution < 1.29 is 17.5 Å². The summed E-state index contributed by atoms with van der Waals surface area (Å²) in [5, 5.41) is 6.22. The van der Waals surface area contributed by atoms with Gasteiger partial charge in [-0.1, -0.05) is 12.1 Å². The summed E-state index contributed by atoms with van der Waals surface area (Å²) in [5.74, 6) is 0.465. The van der Waals surface area contributed by atoms with Gasteiger partial charge < -0.3 is 15.4 Å². The van der Waals surface area contributed by atoms with Gasteiger partial charge in [-0.25, -0.2) is 17.8 Å². The van der Waals surface area contributed by atoms with E-state index in [2.05, 4.69) is 20.6 Å². The van der Waals surface area contributed by atoms with Crippen molar-refractivity contribution in [3.63, 3.8) is 0 Å². The van der Waals surface area contributed by atoms with Gasteiger partial charge in [-0.05, 0) is 36.2 Å². The number of aromatic nitrogens is 1. The second-order valence-electron chi connectivity index (χ2n) is 6.16. The molecule has 0 fully saturated rings. The number of benzene rings is 1. The number of pyridine rings is 1. The third-order valence-electron chi connectivity index (χ3n) is 3.83. The number of hydrogen-bond donors (Lipinski definition) is 2. The SMILES string of the molecule is CCOc1ncccc1CNC(=NC)NCc1cc(F)ccc1CS(C)(=O)=O. The summed E-state index contributed by atoms with van der Waals surface area (Å²) in [6, 6.07) is 7.80. The molecule has 7 nitrogen and oxygen atoms in total. The average Bonchev–Trinajstić information content (AvgIpc) is 2.64. The van der Waals surface area contributed by atoms with Crippen molar-refractivity contribution in [2.45, 2.75) is 25.8 Å². The number of halogens is 1. The number of sulfone groups is 1. The molecule has 1 aromatic heterocycles. The first-order valence-electron chi connectivity index (χ1n) is 8.78. The molecular formula is C19H25FN4O3S. The molecule has 9 heteroatoms. The number of guanidine groups is 1. The molecule has 0 aliphatic heterocycles. The molecule has 28 heavy (non-hydrogen) atoms. The lowest BCUT2D eigenvalue weighted by atomic mass is 10.1. The van der Waals surface area contributed by atoms with Crippen LogP contribution < -0.4 is 15.4 Å². The van der Waals surface area contributed by atoms with Gasteiger partial charge in [-0.15, -0.1) is 0 Å². The van der Waals surface area contributed by atoms with Gasteiger partial charge in [0.05, 0.1) is 12.4 Å². The minimum atomic E-state index is -3.23. The molecule has 0 aliphatic rings. The molecule has 1 aromatic carbocycles. The highest BCUT2D eigenvalue weighted by atomic mass is 32.2. The summed E-state index contributed by atoms with van der Waals surface area (Å²) in [6.45, 7) is 3.06. The van der Waals surface area contributed by atoms with Crippen LogP contribution in [0.5, 0.6) is 5.88 Å². The van der Waals surface area contributed by atoms with Gasteiger partial charge in [0.1, 0.15) is 5.82 Å². The van der Waals surface area contributed by atoms with Gasteiger partial charge >= 0.3 is 0 Å². The topological polar surface area (TPSA) is 92.7 Å². The van der Waals surface area contributed by atoms with Crippen molar-refractivity contribution in [1.82, 2.24) is 15.6 Å². The van der Waals surface area contributed by atoms with E-state index in [0.717, 1.165) is 11.8 Å². The lowest BCUT2D eigenvalue weighted by molar-refractivity contribution is 0.322. The van der Waals surface area contributed by atoms with Gasteiger partial charge in [0.25, 0.3) is 0 Å². The van der Waals surface area contributed by atoms with E-state index in [0.29, 0.717) is 36.1 Å². The molecule has 0 spiro atoms. The number of ether oxygens (including phenoxy) is 1. The molecule has 152 valence electrons. The van der Waals surface area contributed by atoms with E-state index >= 15 is 0 Å². The zero-order valence-electron chi connectivity index (χ0n) is 16.2. The van der Waals surface area contributed by atoms with Crippen LogP contribution in [0.15, 0.2) is 41.5 Å². The minimum absolute atomic E-state index is 0.149. The first-order valence-corrected chi connectivity index (χ1v) is 10.8. The lowest BCUT2D eigenvalue weighted by Crippen LogP contribution is -2.36. The fourth-order valence-electron chi connectivity index (χ4n) is 2.59. The molecule has 2 aromatic rings. The lowest BCUT2D eigenvalue weighted by Gasteiger charge is -2.15. The highest BCUT2D eigenvalue weighted by Crippen LogP contribution is 2.15. The summed E-state index contributed by atoms with van der Waals surface area (Å²) in [5.41, 5.74) is 1.98. The van der Waals surface area contributed by atoms with Crippen molar-refractivity contribution in [2.24, 2.45) is 4.99 Å². The summed E-state index contributed by atoms with van der Waals surface area (Å²) in [6.07, 6.45) is 2.81. The standard InChI is InChI=1S/C19H25FN4O3S/c1-4-27-18-14(6-5-9-22-18)11-23-19(21-2)24-12-16-10-17(20)8-7-15(16)13-28(3,25)26/h5-10H,4,11-13H2,1-3H3,(H2,21,23,24). The molecule has 0 saturated heterocycles. The fourth-order valence-corrected chi connectivity index (χ4v) is 3.43. The summed E-state index contributed by atoms with van der Waals surface area (Å²) in [4.78, 5) is 8.34. The van der Waals surface area contributed by atoms with Crippen molar-refractivity contribution in [1.29, 1.82) is 0 Å². The number of nitrogens with zero attached hydrogens (tertiary/aromatic N) is 2.